The Morgan fingerprint density at radius 3 is 2.65 bits per heavy atom. The number of carbonyl (C=O) groups is 2. The number of hydrogen-bond acceptors (Lipinski definition) is 3. The van der Waals surface area contributed by atoms with E-state index in [0.29, 0.717) is 16.4 Å². The van der Waals surface area contributed by atoms with Gasteiger partial charge in [-0.1, -0.05) is 0 Å². The SMILES string of the molecule is CC1(O)CC(NC(=O)CN2C[C@H](C(F)(F)F)c3cc(I)ccc3C2=O)C1. The molecule has 26 heavy (non-hydrogen) atoms. The molecular formula is C17H18F3IN2O3. The Morgan fingerprint density at radius 1 is 1.42 bits per heavy atom. The third-order valence-corrected chi connectivity index (χ3v) is 5.45. The van der Waals surface area contributed by atoms with Gasteiger partial charge in [-0.15, -0.1) is 0 Å². The number of rotatable bonds is 3. The van der Waals surface area contributed by atoms with Crippen LogP contribution in [-0.4, -0.2) is 52.7 Å². The highest BCUT2D eigenvalue weighted by molar-refractivity contribution is 14.1. The molecule has 9 heteroatoms. The van der Waals surface area contributed by atoms with E-state index in [1.807, 2.05) is 22.6 Å². The summed E-state index contributed by atoms with van der Waals surface area (Å²) in [6, 6.07) is 4.11. The predicted octanol–water partition coefficient (Wildman–Crippen LogP) is 2.42. The topological polar surface area (TPSA) is 69.6 Å². The van der Waals surface area contributed by atoms with Crippen LogP contribution in [-0.2, 0) is 4.79 Å². The van der Waals surface area contributed by atoms with Gasteiger partial charge in [0.15, 0.2) is 0 Å². The summed E-state index contributed by atoms with van der Waals surface area (Å²) in [5.74, 6) is -2.91. The third kappa shape index (κ3) is 3.98. The normalized spacial score (nSPS) is 28.4. The number of alkyl halides is 3. The van der Waals surface area contributed by atoms with E-state index in [2.05, 4.69) is 5.32 Å². The predicted molar refractivity (Wildman–Crippen MR) is 95.6 cm³/mol. The molecule has 1 aromatic rings. The average molecular weight is 482 g/mol. The zero-order valence-electron chi connectivity index (χ0n) is 13.9. The summed E-state index contributed by atoms with van der Waals surface area (Å²) in [5.41, 5.74) is -0.879. The lowest BCUT2D eigenvalue weighted by atomic mass is 9.77. The van der Waals surface area contributed by atoms with Gasteiger partial charge in [-0.25, -0.2) is 0 Å². The van der Waals surface area contributed by atoms with Crippen LogP contribution in [0.5, 0.6) is 0 Å². The Hall–Kier alpha value is -1.36. The molecule has 0 unspecified atom stereocenters. The van der Waals surface area contributed by atoms with Crippen molar-refractivity contribution in [2.45, 2.75) is 43.5 Å². The molecule has 2 aliphatic rings. The average Bonchev–Trinajstić information content (AvgIpc) is 2.46. The highest BCUT2D eigenvalue weighted by atomic mass is 127. The molecule has 2 N–H and O–H groups in total. The van der Waals surface area contributed by atoms with Crippen molar-refractivity contribution in [3.05, 3.63) is 32.9 Å². The first kappa shape index (κ1) is 19.4. The minimum absolute atomic E-state index is 0.0154. The molecule has 3 rings (SSSR count). The molecule has 1 aliphatic carbocycles. The molecule has 1 atom stereocenters. The first-order valence-electron chi connectivity index (χ1n) is 8.13. The number of benzene rings is 1. The number of hydrogen-bond donors (Lipinski definition) is 2. The van der Waals surface area contributed by atoms with E-state index < -0.39 is 42.6 Å². The van der Waals surface area contributed by atoms with Gasteiger partial charge in [0.1, 0.15) is 0 Å². The van der Waals surface area contributed by atoms with Crippen LogP contribution in [0.2, 0.25) is 0 Å². The molecule has 1 saturated carbocycles. The maximum Gasteiger partial charge on any atom is 0.397 e. The summed E-state index contributed by atoms with van der Waals surface area (Å²) < 4.78 is 41.1. The maximum absolute atomic E-state index is 13.5. The fourth-order valence-corrected chi connectivity index (χ4v) is 4.07. The molecule has 1 aliphatic heterocycles. The van der Waals surface area contributed by atoms with Gasteiger partial charge in [-0.2, -0.15) is 13.2 Å². The first-order chi connectivity index (χ1) is 12.0. The number of nitrogens with one attached hydrogen (secondary N) is 1. The molecule has 1 heterocycles. The minimum atomic E-state index is -4.51. The molecule has 0 bridgehead atoms. The van der Waals surface area contributed by atoms with Gasteiger partial charge in [-0.05, 0) is 66.1 Å². The molecule has 0 saturated heterocycles. The fourth-order valence-electron chi connectivity index (χ4n) is 3.56. The van der Waals surface area contributed by atoms with Crippen molar-refractivity contribution in [2.24, 2.45) is 0 Å². The van der Waals surface area contributed by atoms with Crippen LogP contribution in [0.3, 0.4) is 0 Å². The Morgan fingerprint density at radius 2 is 2.08 bits per heavy atom. The van der Waals surface area contributed by atoms with Crippen LogP contribution in [0.4, 0.5) is 13.2 Å². The summed E-state index contributed by atoms with van der Waals surface area (Å²) >= 11 is 1.91. The zero-order valence-corrected chi connectivity index (χ0v) is 16.1. The zero-order chi connectivity index (χ0) is 19.3. The number of carbonyl (C=O) groups excluding carboxylic acids is 2. The largest absolute Gasteiger partial charge is 0.397 e. The number of amides is 2. The molecule has 1 fully saturated rings. The Kier molecular flexibility index (Phi) is 4.97. The summed E-state index contributed by atoms with van der Waals surface area (Å²) in [4.78, 5) is 25.6. The number of aliphatic hydroxyl groups is 1. The van der Waals surface area contributed by atoms with Crippen molar-refractivity contribution in [2.75, 3.05) is 13.1 Å². The fraction of sp³-hybridized carbons (Fsp3) is 0.529. The quantitative estimate of drug-likeness (QED) is 0.651. The van der Waals surface area contributed by atoms with E-state index in [4.69, 9.17) is 0 Å². The van der Waals surface area contributed by atoms with Crippen LogP contribution in [0.15, 0.2) is 18.2 Å². The maximum atomic E-state index is 13.5. The third-order valence-electron chi connectivity index (χ3n) is 4.78. The van der Waals surface area contributed by atoms with Crippen molar-refractivity contribution >= 4 is 34.4 Å². The van der Waals surface area contributed by atoms with E-state index in [0.717, 1.165) is 4.90 Å². The second-order valence-corrected chi connectivity index (χ2v) is 8.43. The Balaban J connectivity index is 1.75. The lowest BCUT2D eigenvalue weighted by molar-refractivity contribution is -0.155. The van der Waals surface area contributed by atoms with Gasteiger partial charge in [0.25, 0.3) is 5.91 Å². The van der Waals surface area contributed by atoms with Gasteiger partial charge in [0, 0.05) is 21.7 Å². The summed E-state index contributed by atoms with van der Waals surface area (Å²) in [6.45, 7) is 0.636. The highest BCUT2D eigenvalue weighted by Crippen LogP contribution is 2.40. The molecule has 1 aromatic carbocycles. The number of halogens is 4. The van der Waals surface area contributed by atoms with E-state index in [9.17, 15) is 27.9 Å². The van der Waals surface area contributed by atoms with Gasteiger partial charge >= 0.3 is 6.18 Å². The molecule has 142 valence electrons. The minimum Gasteiger partial charge on any atom is -0.390 e. The lowest BCUT2D eigenvalue weighted by Crippen LogP contribution is -2.56. The van der Waals surface area contributed by atoms with Crippen molar-refractivity contribution in [1.29, 1.82) is 0 Å². The van der Waals surface area contributed by atoms with Crippen LogP contribution >= 0.6 is 22.6 Å². The van der Waals surface area contributed by atoms with Crippen molar-refractivity contribution in [3.8, 4) is 0 Å². The molecular weight excluding hydrogens is 464 g/mol. The van der Waals surface area contributed by atoms with E-state index in [1.54, 1.807) is 13.0 Å². The van der Waals surface area contributed by atoms with Crippen LogP contribution in [0.25, 0.3) is 0 Å². The second-order valence-electron chi connectivity index (χ2n) is 7.18. The standard InChI is InChI=1S/C17H18F3IN2O3/c1-16(26)5-10(6-16)22-14(24)8-23-7-13(17(18,19)20)12-4-9(21)2-3-11(12)15(23)25/h2-4,10,13,26H,5-8H2,1H3,(H,22,24)/t10?,13-,16?/m0/s1. The van der Waals surface area contributed by atoms with E-state index >= 15 is 0 Å². The van der Waals surface area contributed by atoms with Gasteiger partial charge in [0.05, 0.1) is 18.1 Å². The smallest absolute Gasteiger partial charge is 0.390 e. The molecule has 5 nitrogen and oxygen atoms in total. The summed E-state index contributed by atoms with van der Waals surface area (Å²) in [5, 5.41) is 12.3. The van der Waals surface area contributed by atoms with Gasteiger partial charge in [0.2, 0.25) is 5.91 Å². The summed E-state index contributed by atoms with van der Waals surface area (Å²) in [6.07, 6.45) is -3.74. The Bertz CT molecular complexity index is 743. The number of nitrogens with zero attached hydrogens (tertiary/aromatic N) is 1. The van der Waals surface area contributed by atoms with E-state index in [1.165, 1.54) is 12.1 Å². The monoisotopic (exact) mass is 482 g/mol. The molecule has 0 radical (unpaired) electrons. The van der Waals surface area contributed by atoms with Crippen molar-refractivity contribution in [1.82, 2.24) is 10.2 Å². The van der Waals surface area contributed by atoms with Crippen molar-refractivity contribution in [3.63, 3.8) is 0 Å². The van der Waals surface area contributed by atoms with Gasteiger partial charge < -0.3 is 15.3 Å². The van der Waals surface area contributed by atoms with Crippen LogP contribution in [0.1, 0.15) is 41.6 Å². The van der Waals surface area contributed by atoms with Gasteiger partial charge in [-0.3, -0.25) is 9.59 Å². The summed E-state index contributed by atoms with van der Waals surface area (Å²) in [7, 11) is 0. The van der Waals surface area contributed by atoms with E-state index in [-0.39, 0.29) is 17.2 Å². The number of fused-ring (bicyclic) bond motifs is 1. The first-order valence-corrected chi connectivity index (χ1v) is 9.21. The lowest BCUT2D eigenvalue weighted by Gasteiger charge is -2.41. The molecule has 0 aromatic heterocycles. The van der Waals surface area contributed by atoms with Crippen LogP contribution in [0, 0.1) is 3.57 Å². The molecule has 0 spiro atoms. The molecule has 2 amide bonds. The second kappa shape index (κ2) is 6.66. The highest BCUT2D eigenvalue weighted by Gasteiger charge is 2.47. The van der Waals surface area contributed by atoms with Crippen molar-refractivity contribution < 1.29 is 27.9 Å². The Labute approximate surface area is 162 Å². The van der Waals surface area contributed by atoms with Crippen LogP contribution < -0.4 is 5.32 Å².